The van der Waals surface area contributed by atoms with E-state index in [0.29, 0.717) is 36.7 Å². The highest BCUT2D eigenvalue weighted by Crippen LogP contribution is 2.27. The first kappa shape index (κ1) is 25.7. The molecule has 0 spiro atoms. The van der Waals surface area contributed by atoms with E-state index >= 15 is 0 Å². The van der Waals surface area contributed by atoms with Crippen LogP contribution in [0.25, 0.3) is 0 Å². The lowest BCUT2D eigenvalue weighted by Gasteiger charge is -2.20. The molecule has 2 aromatic rings. The first-order chi connectivity index (χ1) is 15.9. The van der Waals surface area contributed by atoms with E-state index in [4.69, 9.17) is 4.74 Å². The number of hydrogen-bond donors (Lipinski definition) is 1. The van der Waals surface area contributed by atoms with Gasteiger partial charge in [0.2, 0.25) is 10.0 Å². The SMILES string of the molecule is CCCCCCOc1ccc(C(=O)Nc2ccc(S(=O)(=O)N3CCCCCC3)cc2)cc1Br. The zero-order valence-electron chi connectivity index (χ0n) is 19.2. The molecule has 0 unspecified atom stereocenters. The fraction of sp³-hybridized carbons (Fsp3) is 0.480. The second-order valence-electron chi connectivity index (χ2n) is 8.35. The molecule has 0 radical (unpaired) electrons. The summed E-state index contributed by atoms with van der Waals surface area (Å²) in [6, 6.07) is 11.6. The predicted molar refractivity (Wildman–Crippen MR) is 135 cm³/mol. The molecule has 1 heterocycles. The van der Waals surface area contributed by atoms with Crippen LogP contribution in [0.15, 0.2) is 51.8 Å². The average molecular weight is 538 g/mol. The van der Waals surface area contributed by atoms with Crippen LogP contribution in [0.5, 0.6) is 5.75 Å². The van der Waals surface area contributed by atoms with Gasteiger partial charge in [0.25, 0.3) is 5.91 Å². The Bertz CT molecular complexity index is 1020. The molecule has 0 aliphatic carbocycles. The van der Waals surface area contributed by atoms with E-state index in [0.717, 1.165) is 43.0 Å². The van der Waals surface area contributed by atoms with E-state index in [2.05, 4.69) is 28.2 Å². The largest absolute Gasteiger partial charge is 0.492 e. The summed E-state index contributed by atoms with van der Waals surface area (Å²) in [4.78, 5) is 12.9. The lowest BCUT2D eigenvalue weighted by Crippen LogP contribution is -2.31. The van der Waals surface area contributed by atoms with Gasteiger partial charge in [-0.3, -0.25) is 4.79 Å². The first-order valence-electron chi connectivity index (χ1n) is 11.8. The van der Waals surface area contributed by atoms with Crippen molar-refractivity contribution < 1.29 is 17.9 Å². The topological polar surface area (TPSA) is 75.7 Å². The van der Waals surface area contributed by atoms with Gasteiger partial charge in [-0.25, -0.2) is 8.42 Å². The maximum Gasteiger partial charge on any atom is 0.255 e. The maximum absolute atomic E-state index is 12.9. The predicted octanol–water partition coefficient (Wildman–Crippen LogP) is 6.23. The number of ether oxygens (including phenoxy) is 1. The number of hydrogen-bond acceptors (Lipinski definition) is 4. The van der Waals surface area contributed by atoms with Crippen LogP contribution >= 0.6 is 15.9 Å². The van der Waals surface area contributed by atoms with E-state index < -0.39 is 10.0 Å². The number of anilines is 1. The molecule has 33 heavy (non-hydrogen) atoms. The van der Waals surface area contributed by atoms with Gasteiger partial charge in [-0.05, 0) is 77.7 Å². The molecule has 0 aromatic heterocycles. The summed E-state index contributed by atoms with van der Waals surface area (Å²) in [6.45, 7) is 3.95. The smallest absolute Gasteiger partial charge is 0.255 e. The van der Waals surface area contributed by atoms with Crippen molar-refractivity contribution in [1.29, 1.82) is 0 Å². The van der Waals surface area contributed by atoms with Crippen molar-refractivity contribution in [3.05, 3.63) is 52.5 Å². The minimum absolute atomic E-state index is 0.255. The van der Waals surface area contributed by atoms with Crippen LogP contribution in [-0.4, -0.2) is 38.3 Å². The number of unbranched alkanes of at least 4 members (excludes halogenated alkanes) is 3. The van der Waals surface area contributed by atoms with Crippen LogP contribution < -0.4 is 10.1 Å². The standard InChI is InChI=1S/C25H33BrN2O4S/c1-2-3-4-9-18-32-24-15-10-20(19-23(24)26)25(29)27-21-11-13-22(14-12-21)33(30,31)28-16-7-5-6-8-17-28/h10-15,19H,2-9,16-18H2,1H3,(H,27,29). The molecule has 1 amide bonds. The summed E-state index contributed by atoms with van der Waals surface area (Å²) in [7, 11) is -3.51. The third-order valence-corrected chi connectivity index (χ3v) is 8.30. The number of carbonyl (C=O) groups excluding carboxylic acids is 1. The number of nitrogens with zero attached hydrogens (tertiary/aromatic N) is 1. The van der Waals surface area contributed by atoms with Gasteiger partial charge in [0, 0.05) is 24.3 Å². The molecule has 0 bridgehead atoms. The number of halogens is 1. The zero-order chi connectivity index (χ0) is 23.7. The van der Waals surface area contributed by atoms with E-state index in [1.54, 1.807) is 46.8 Å². The molecule has 3 rings (SSSR count). The summed E-state index contributed by atoms with van der Waals surface area (Å²) in [5.74, 6) is 0.444. The number of nitrogens with one attached hydrogen (secondary N) is 1. The maximum atomic E-state index is 12.9. The van der Waals surface area contributed by atoms with Gasteiger partial charge in [0.1, 0.15) is 5.75 Å². The van der Waals surface area contributed by atoms with Crippen molar-refractivity contribution in [2.75, 3.05) is 25.0 Å². The molecule has 0 atom stereocenters. The highest BCUT2D eigenvalue weighted by atomic mass is 79.9. The fourth-order valence-corrected chi connectivity index (χ4v) is 5.83. The van der Waals surface area contributed by atoms with Gasteiger partial charge in [0.15, 0.2) is 0 Å². The molecule has 0 saturated carbocycles. The second-order valence-corrected chi connectivity index (χ2v) is 11.1. The molecule has 2 aromatic carbocycles. The van der Waals surface area contributed by atoms with Gasteiger partial charge in [0.05, 0.1) is 16.0 Å². The summed E-state index contributed by atoms with van der Waals surface area (Å²) in [5, 5.41) is 2.83. The Balaban J connectivity index is 1.59. The van der Waals surface area contributed by atoms with Gasteiger partial charge in [-0.2, -0.15) is 4.31 Å². The number of rotatable bonds is 10. The monoisotopic (exact) mass is 536 g/mol. The van der Waals surface area contributed by atoms with Crippen molar-refractivity contribution in [2.24, 2.45) is 0 Å². The molecule has 8 heteroatoms. The second kappa shape index (κ2) is 12.5. The molecule has 1 aliphatic rings. The van der Waals surface area contributed by atoms with Crippen LogP contribution in [0.4, 0.5) is 5.69 Å². The highest BCUT2D eigenvalue weighted by Gasteiger charge is 2.25. The van der Waals surface area contributed by atoms with Crippen molar-refractivity contribution in [2.45, 2.75) is 63.2 Å². The summed E-state index contributed by atoms with van der Waals surface area (Å²) < 4.78 is 33.9. The summed E-state index contributed by atoms with van der Waals surface area (Å²) in [6.07, 6.45) is 8.47. The van der Waals surface area contributed by atoms with E-state index in [1.807, 2.05) is 0 Å². The highest BCUT2D eigenvalue weighted by molar-refractivity contribution is 9.10. The Kier molecular flexibility index (Phi) is 9.77. The Labute approximate surface area is 205 Å². The van der Waals surface area contributed by atoms with Crippen molar-refractivity contribution in [3.63, 3.8) is 0 Å². The number of benzene rings is 2. The fourth-order valence-electron chi connectivity index (χ4n) is 3.81. The van der Waals surface area contributed by atoms with Crippen LogP contribution in [0.3, 0.4) is 0 Å². The summed E-state index contributed by atoms with van der Waals surface area (Å²) >= 11 is 3.48. The molecule has 1 aliphatic heterocycles. The minimum Gasteiger partial charge on any atom is -0.492 e. The van der Waals surface area contributed by atoms with Crippen LogP contribution in [0.2, 0.25) is 0 Å². The van der Waals surface area contributed by atoms with Crippen molar-refractivity contribution in [3.8, 4) is 5.75 Å². The Morgan fingerprint density at radius 2 is 1.70 bits per heavy atom. The first-order valence-corrected chi connectivity index (χ1v) is 14.0. The van der Waals surface area contributed by atoms with Crippen molar-refractivity contribution >= 4 is 37.5 Å². The Hall–Kier alpha value is -1.90. The van der Waals surface area contributed by atoms with Crippen LogP contribution in [0, 0.1) is 0 Å². The van der Waals surface area contributed by atoms with Crippen molar-refractivity contribution in [1.82, 2.24) is 4.31 Å². The average Bonchev–Trinajstić information content (AvgIpc) is 3.10. The molecule has 180 valence electrons. The minimum atomic E-state index is -3.51. The number of sulfonamides is 1. The third-order valence-electron chi connectivity index (χ3n) is 5.76. The van der Waals surface area contributed by atoms with Crippen LogP contribution in [-0.2, 0) is 10.0 Å². The van der Waals surface area contributed by atoms with Gasteiger partial charge < -0.3 is 10.1 Å². The molecule has 1 fully saturated rings. The molecular formula is C25H33BrN2O4S. The lowest BCUT2D eigenvalue weighted by molar-refractivity contribution is 0.102. The summed E-state index contributed by atoms with van der Waals surface area (Å²) in [5.41, 5.74) is 1.03. The van der Waals surface area contributed by atoms with E-state index in [1.165, 1.54) is 12.8 Å². The van der Waals surface area contributed by atoms with Gasteiger partial charge in [-0.1, -0.05) is 39.0 Å². The number of amides is 1. The van der Waals surface area contributed by atoms with Crippen LogP contribution in [0.1, 0.15) is 68.6 Å². The Morgan fingerprint density at radius 1 is 1.00 bits per heavy atom. The van der Waals surface area contributed by atoms with Gasteiger partial charge in [-0.15, -0.1) is 0 Å². The van der Waals surface area contributed by atoms with Gasteiger partial charge >= 0.3 is 0 Å². The molecular weight excluding hydrogens is 504 g/mol. The Morgan fingerprint density at radius 3 is 2.33 bits per heavy atom. The third kappa shape index (κ3) is 7.29. The normalized spacial score (nSPS) is 15.1. The lowest BCUT2D eigenvalue weighted by atomic mass is 10.2. The molecule has 1 N–H and O–H groups in total. The molecule has 1 saturated heterocycles. The van der Waals surface area contributed by atoms with E-state index in [9.17, 15) is 13.2 Å². The quantitative estimate of drug-likeness (QED) is 0.365. The number of carbonyl (C=O) groups is 1. The van der Waals surface area contributed by atoms with E-state index in [-0.39, 0.29) is 10.8 Å². The molecule has 6 nitrogen and oxygen atoms in total. The zero-order valence-corrected chi connectivity index (χ0v) is 21.6.